The molecule has 0 aliphatic rings. The zero-order chi connectivity index (χ0) is 6.78. The van der Waals surface area contributed by atoms with Crippen molar-refractivity contribution in [1.82, 2.24) is 0 Å². The standard InChI is InChI=1S/C5H11NOS/c1-3-5(2,6)4(7)8/h3,6H2,1-2H3,(H,7,8). The summed E-state index contributed by atoms with van der Waals surface area (Å²) in [7, 11) is 0. The first-order valence-corrected chi connectivity index (χ1v) is 2.97. The normalized spacial score (nSPS) is 17.5. The molecule has 0 fully saturated rings. The predicted molar refractivity (Wildman–Crippen MR) is 36.9 cm³/mol. The average Bonchev–Trinajstić information content (AvgIpc) is 1.67. The van der Waals surface area contributed by atoms with Crippen molar-refractivity contribution >= 4 is 17.7 Å². The summed E-state index contributed by atoms with van der Waals surface area (Å²) in [5.74, 6) is 0. The third-order valence-electron chi connectivity index (χ3n) is 1.22. The van der Waals surface area contributed by atoms with E-state index < -0.39 is 5.54 Å². The summed E-state index contributed by atoms with van der Waals surface area (Å²) < 4.78 is 0. The molecule has 0 aliphatic carbocycles. The van der Waals surface area contributed by atoms with Gasteiger partial charge in [-0.2, -0.15) is 0 Å². The summed E-state index contributed by atoms with van der Waals surface area (Å²) in [6.07, 6.45) is 0.634. The third-order valence-corrected chi connectivity index (χ3v) is 1.73. The highest BCUT2D eigenvalue weighted by atomic mass is 32.1. The molecule has 0 rings (SSSR count). The minimum atomic E-state index is -0.733. The fourth-order valence-electron chi connectivity index (χ4n) is 0.151. The van der Waals surface area contributed by atoms with Crippen LogP contribution < -0.4 is 5.73 Å². The lowest BCUT2D eigenvalue weighted by Crippen LogP contribution is -2.41. The summed E-state index contributed by atoms with van der Waals surface area (Å²) >= 11 is 3.59. The SMILES string of the molecule is CCC(C)(N)C(=O)S. The van der Waals surface area contributed by atoms with Crippen molar-refractivity contribution < 1.29 is 4.79 Å². The van der Waals surface area contributed by atoms with E-state index in [1.807, 2.05) is 6.92 Å². The molecule has 0 heterocycles. The summed E-state index contributed by atoms with van der Waals surface area (Å²) in [6.45, 7) is 3.52. The first kappa shape index (κ1) is 7.98. The number of nitrogens with two attached hydrogens (primary N) is 1. The van der Waals surface area contributed by atoms with Crippen molar-refractivity contribution in [2.75, 3.05) is 0 Å². The number of thiol groups is 1. The molecule has 0 radical (unpaired) electrons. The van der Waals surface area contributed by atoms with E-state index in [4.69, 9.17) is 5.73 Å². The fraction of sp³-hybridized carbons (Fsp3) is 0.800. The number of carbonyl (C=O) groups excluding carboxylic acids is 1. The number of carbonyl (C=O) groups is 1. The molecule has 1 atom stereocenters. The van der Waals surface area contributed by atoms with Gasteiger partial charge in [-0.1, -0.05) is 6.92 Å². The lowest BCUT2D eigenvalue weighted by atomic mass is 10.0. The maximum absolute atomic E-state index is 10.4. The first-order chi connectivity index (χ1) is 3.50. The molecule has 0 spiro atoms. The van der Waals surface area contributed by atoms with Gasteiger partial charge in [0.2, 0.25) is 5.12 Å². The summed E-state index contributed by atoms with van der Waals surface area (Å²) in [6, 6.07) is 0. The monoisotopic (exact) mass is 133 g/mol. The van der Waals surface area contributed by atoms with Crippen LogP contribution in [0, 0.1) is 0 Å². The summed E-state index contributed by atoms with van der Waals surface area (Å²) in [5, 5.41) is -0.250. The lowest BCUT2D eigenvalue weighted by molar-refractivity contribution is -0.114. The van der Waals surface area contributed by atoms with Crippen LogP contribution in [0.4, 0.5) is 0 Å². The Hall–Kier alpha value is -0.0200. The van der Waals surface area contributed by atoms with Crippen molar-refractivity contribution in [3.8, 4) is 0 Å². The largest absolute Gasteiger partial charge is 0.318 e. The summed E-state index contributed by atoms with van der Waals surface area (Å²) in [5.41, 5.74) is 4.70. The zero-order valence-electron chi connectivity index (χ0n) is 5.14. The smallest absolute Gasteiger partial charge is 0.205 e. The van der Waals surface area contributed by atoms with Crippen LogP contribution in [0.25, 0.3) is 0 Å². The highest BCUT2D eigenvalue weighted by Crippen LogP contribution is 2.07. The Bertz CT molecular complexity index is 101. The van der Waals surface area contributed by atoms with E-state index in [0.29, 0.717) is 6.42 Å². The van der Waals surface area contributed by atoms with E-state index in [0.717, 1.165) is 0 Å². The molecule has 0 aliphatic heterocycles. The van der Waals surface area contributed by atoms with Crippen LogP contribution in [0.15, 0.2) is 0 Å². The van der Waals surface area contributed by atoms with Gasteiger partial charge in [-0.25, -0.2) is 0 Å². The quantitative estimate of drug-likeness (QED) is 0.541. The molecular weight excluding hydrogens is 122 g/mol. The fourth-order valence-corrected chi connectivity index (χ4v) is 0.309. The zero-order valence-corrected chi connectivity index (χ0v) is 6.03. The van der Waals surface area contributed by atoms with E-state index >= 15 is 0 Å². The minimum absolute atomic E-state index is 0.250. The van der Waals surface area contributed by atoms with E-state index in [1.165, 1.54) is 0 Å². The Morgan fingerprint density at radius 2 is 2.25 bits per heavy atom. The second kappa shape index (κ2) is 2.51. The molecule has 2 N–H and O–H groups in total. The molecule has 0 aromatic heterocycles. The van der Waals surface area contributed by atoms with Crippen molar-refractivity contribution in [1.29, 1.82) is 0 Å². The molecule has 0 saturated carbocycles. The van der Waals surface area contributed by atoms with Gasteiger partial charge in [0.25, 0.3) is 0 Å². The van der Waals surface area contributed by atoms with Gasteiger partial charge in [0, 0.05) is 0 Å². The van der Waals surface area contributed by atoms with Crippen molar-refractivity contribution in [3.63, 3.8) is 0 Å². The van der Waals surface area contributed by atoms with Crippen LogP contribution in [0.1, 0.15) is 20.3 Å². The van der Waals surface area contributed by atoms with Gasteiger partial charge in [-0.3, -0.25) is 4.79 Å². The van der Waals surface area contributed by atoms with Crippen LogP contribution in [-0.4, -0.2) is 10.7 Å². The molecule has 2 nitrogen and oxygen atoms in total. The van der Waals surface area contributed by atoms with Gasteiger partial charge in [0.15, 0.2) is 0 Å². The Morgan fingerprint density at radius 3 is 2.25 bits per heavy atom. The number of hydrogen-bond acceptors (Lipinski definition) is 2. The van der Waals surface area contributed by atoms with Crippen LogP contribution in [0.2, 0.25) is 0 Å². The van der Waals surface area contributed by atoms with E-state index in [-0.39, 0.29) is 5.12 Å². The van der Waals surface area contributed by atoms with Gasteiger partial charge in [-0.15, -0.1) is 12.6 Å². The molecule has 8 heavy (non-hydrogen) atoms. The Labute approximate surface area is 54.9 Å². The van der Waals surface area contributed by atoms with Crippen molar-refractivity contribution in [3.05, 3.63) is 0 Å². The molecule has 0 bridgehead atoms. The van der Waals surface area contributed by atoms with E-state index in [9.17, 15) is 4.79 Å². The van der Waals surface area contributed by atoms with Gasteiger partial charge < -0.3 is 5.73 Å². The second-order valence-corrected chi connectivity index (χ2v) is 2.48. The van der Waals surface area contributed by atoms with E-state index in [2.05, 4.69) is 12.6 Å². The second-order valence-electron chi connectivity index (χ2n) is 2.08. The van der Waals surface area contributed by atoms with Gasteiger partial charge in [0.05, 0.1) is 5.54 Å². The van der Waals surface area contributed by atoms with Gasteiger partial charge in [0.1, 0.15) is 0 Å². The maximum Gasteiger partial charge on any atom is 0.205 e. The molecule has 0 saturated heterocycles. The molecular formula is C5H11NOS. The van der Waals surface area contributed by atoms with Crippen LogP contribution in [0.5, 0.6) is 0 Å². The first-order valence-electron chi connectivity index (χ1n) is 2.53. The van der Waals surface area contributed by atoms with E-state index in [1.54, 1.807) is 6.92 Å². The van der Waals surface area contributed by atoms with Crippen molar-refractivity contribution in [2.24, 2.45) is 5.73 Å². The Balaban J connectivity index is 3.91. The molecule has 0 amide bonds. The molecule has 1 unspecified atom stereocenters. The van der Waals surface area contributed by atoms with Crippen LogP contribution >= 0.6 is 12.6 Å². The van der Waals surface area contributed by atoms with Crippen LogP contribution in [-0.2, 0) is 4.79 Å². The summed E-state index contributed by atoms with van der Waals surface area (Å²) in [4.78, 5) is 10.4. The molecule has 3 heteroatoms. The predicted octanol–water partition coefficient (Wildman–Crippen LogP) is 0.570. The topological polar surface area (TPSA) is 43.1 Å². The Morgan fingerprint density at radius 1 is 1.88 bits per heavy atom. The molecule has 48 valence electrons. The number of rotatable bonds is 2. The minimum Gasteiger partial charge on any atom is -0.318 e. The maximum atomic E-state index is 10.4. The average molecular weight is 133 g/mol. The van der Waals surface area contributed by atoms with Gasteiger partial charge >= 0.3 is 0 Å². The molecule has 0 aromatic carbocycles. The van der Waals surface area contributed by atoms with Crippen molar-refractivity contribution in [2.45, 2.75) is 25.8 Å². The molecule has 0 aromatic rings. The lowest BCUT2D eigenvalue weighted by Gasteiger charge is -2.16. The highest BCUT2D eigenvalue weighted by molar-refractivity contribution is 7.96. The third kappa shape index (κ3) is 1.84. The number of hydrogen-bond donors (Lipinski definition) is 2. The Kier molecular flexibility index (Phi) is 2.50. The van der Waals surface area contributed by atoms with Gasteiger partial charge in [-0.05, 0) is 13.3 Å². The highest BCUT2D eigenvalue weighted by Gasteiger charge is 2.21. The van der Waals surface area contributed by atoms with Crippen LogP contribution in [0.3, 0.4) is 0 Å².